The number of nitro benzene ring substituents is 1. The number of nitrogens with zero attached hydrogens (tertiary/aromatic N) is 3. The number of H-pyrrole nitrogens is 1. The van der Waals surface area contributed by atoms with Crippen molar-refractivity contribution in [1.29, 1.82) is 0 Å². The maximum atomic E-state index is 14.0. The predicted molar refractivity (Wildman–Crippen MR) is 209 cm³/mol. The molecule has 56 heavy (non-hydrogen) atoms. The van der Waals surface area contributed by atoms with Gasteiger partial charge in [0.1, 0.15) is 24.1 Å². The number of aliphatic hydroxyl groups is 3. The maximum absolute atomic E-state index is 14.0. The summed E-state index contributed by atoms with van der Waals surface area (Å²) in [5, 5.41) is 63.1. The molecule has 0 bridgehead atoms. The molecule has 0 saturated heterocycles. The van der Waals surface area contributed by atoms with Gasteiger partial charge in [0.2, 0.25) is 5.79 Å². The maximum Gasteiger partial charge on any atom is 0.317 e. The highest BCUT2D eigenvalue weighted by Crippen LogP contribution is 2.60. The van der Waals surface area contributed by atoms with Gasteiger partial charge in [0.25, 0.3) is 5.69 Å². The number of aliphatic hydroxyl groups excluding tert-OH is 2. The molecule has 0 radical (unpaired) electrons. The number of nitrogens with one attached hydrogen (secondary N) is 2. The second-order valence-corrected chi connectivity index (χ2v) is 15.1. The van der Waals surface area contributed by atoms with E-state index in [9.17, 15) is 35.3 Å². The Kier molecular flexibility index (Phi) is 11.6. The number of carbonyl (C=O) groups excluding carboxylic acids is 1. The van der Waals surface area contributed by atoms with Crippen LogP contribution >= 0.6 is 0 Å². The quantitative estimate of drug-likeness (QED) is 0.0459. The fourth-order valence-corrected chi connectivity index (χ4v) is 8.93. The molecule has 1 fully saturated rings. The minimum Gasteiger partial charge on any atom is -0.508 e. The molecule has 3 aromatic carbocycles. The first-order chi connectivity index (χ1) is 27.1. The first-order valence-electron chi connectivity index (χ1n) is 19.3. The first kappa shape index (κ1) is 38.8. The fraction of sp³-hybridized carbons (Fsp3) is 0.429. The molecule has 4 aromatic rings. The van der Waals surface area contributed by atoms with Crippen LogP contribution in [0.5, 0.6) is 11.5 Å². The Morgan fingerprint density at radius 3 is 2.54 bits per heavy atom. The highest BCUT2D eigenvalue weighted by atomic mass is 16.6. The van der Waals surface area contributed by atoms with Crippen molar-refractivity contribution in [3.8, 4) is 11.5 Å². The second kappa shape index (κ2) is 16.7. The zero-order valence-corrected chi connectivity index (χ0v) is 31.3. The number of nitro groups is 1. The summed E-state index contributed by atoms with van der Waals surface area (Å²) in [5.41, 5.74) is 4.39. The van der Waals surface area contributed by atoms with Crippen molar-refractivity contribution < 1.29 is 39.7 Å². The summed E-state index contributed by atoms with van der Waals surface area (Å²) in [6, 6.07) is 19.3. The largest absolute Gasteiger partial charge is 0.508 e. The van der Waals surface area contributed by atoms with Crippen LogP contribution in [0.25, 0.3) is 10.9 Å². The molecule has 14 heteroatoms. The van der Waals surface area contributed by atoms with Crippen molar-refractivity contribution in [2.24, 2.45) is 22.9 Å². The lowest BCUT2D eigenvalue weighted by Crippen LogP contribution is -2.69. The van der Waals surface area contributed by atoms with Gasteiger partial charge in [-0.05, 0) is 96.5 Å². The third kappa shape index (κ3) is 7.81. The van der Waals surface area contributed by atoms with Crippen LogP contribution in [0.15, 0.2) is 89.6 Å². The number of phenols is 1. The summed E-state index contributed by atoms with van der Waals surface area (Å²) < 4.78 is 6.61. The number of ether oxygens (including phenoxy) is 1. The van der Waals surface area contributed by atoms with Crippen molar-refractivity contribution in [3.63, 3.8) is 0 Å². The van der Waals surface area contributed by atoms with Gasteiger partial charge in [0.15, 0.2) is 0 Å². The number of aromatic hydroxyl groups is 1. The fourth-order valence-electron chi connectivity index (χ4n) is 8.93. The number of unbranched alkanes of at least 4 members (excludes halogenated alkanes) is 2. The lowest BCUT2D eigenvalue weighted by atomic mass is 9.55. The van der Waals surface area contributed by atoms with Gasteiger partial charge in [0, 0.05) is 61.5 Å². The standard InChI is InChI=1S/C42H49N5O9/c1-46(41(51)43-24-29-20-28-9-2-3-11-35(28)44-29)38-23-36(45-55-25-26-12-14-30(15-13-26)47(53)54)33-21-27(8-4-6-18-48)32(10-5-7-19-49)39-34-22-31(50)16-17-37(34)56-42(38,52)40(33)39/h2-3,9,11-17,20-22,27,32,38-40,44,48-50,52H,4-8,10,18-19,23-25H2,1H3,(H,43,51)/t27-,32+,38-,39+,40+,42+/m0/s1. The highest BCUT2D eigenvalue weighted by Gasteiger charge is 2.63. The zero-order valence-electron chi connectivity index (χ0n) is 31.3. The van der Waals surface area contributed by atoms with Gasteiger partial charge >= 0.3 is 6.03 Å². The summed E-state index contributed by atoms with van der Waals surface area (Å²) in [5.74, 6) is -2.61. The second-order valence-electron chi connectivity index (χ2n) is 15.1. The Hall–Kier alpha value is -5.44. The summed E-state index contributed by atoms with van der Waals surface area (Å²) >= 11 is 0. The molecule has 1 aliphatic heterocycles. The molecule has 7 rings (SSSR count). The normalized spacial score (nSPS) is 24.5. The molecule has 0 spiro atoms. The molecule has 1 aromatic heterocycles. The summed E-state index contributed by atoms with van der Waals surface area (Å²) in [6.45, 7) is 0.347. The van der Waals surface area contributed by atoms with Crippen LogP contribution in [-0.2, 0) is 18.0 Å². The molecule has 14 nitrogen and oxygen atoms in total. The SMILES string of the molecule is CN(C(=O)NCc1cc2ccccc2[nH]1)[C@H]1CC(=NOCc2ccc([N+](=O)[O-])cc2)C2=C[C@H](CCCCO)[C@@H](CCCCO)[C@@H]3c4cc(O)ccc4O[C@@]1(O)[C@H]23. The first-order valence-corrected chi connectivity index (χ1v) is 19.3. The van der Waals surface area contributed by atoms with Crippen LogP contribution in [0, 0.1) is 27.9 Å². The van der Waals surface area contributed by atoms with E-state index in [2.05, 4.69) is 21.5 Å². The van der Waals surface area contributed by atoms with Crippen LogP contribution in [-0.4, -0.2) is 79.1 Å². The van der Waals surface area contributed by atoms with Crippen molar-refractivity contribution in [3.05, 3.63) is 111 Å². The smallest absolute Gasteiger partial charge is 0.317 e. The van der Waals surface area contributed by atoms with E-state index in [1.165, 1.54) is 23.1 Å². The minimum atomic E-state index is -1.92. The number of phenolic OH excluding ortho intramolecular Hbond substituents is 1. The average Bonchev–Trinajstić information content (AvgIpc) is 3.62. The van der Waals surface area contributed by atoms with Crippen LogP contribution in [0.1, 0.15) is 67.7 Å². The summed E-state index contributed by atoms with van der Waals surface area (Å²) in [6.07, 6.45) is 6.41. The van der Waals surface area contributed by atoms with Crippen molar-refractivity contribution in [2.75, 3.05) is 20.3 Å². The molecule has 1 saturated carbocycles. The number of para-hydroxylation sites is 1. The Morgan fingerprint density at radius 1 is 1.05 bits per heavy atom. The topological polar surface area (TPSA) is 203 Å². The number of carbonyl (C=O) groups is 1. The molecule has 6 N–H and O–H groups in total. The highest BCUT2D eigenvalue weighted by molar-refractivity contribution is 6.03. The van der Waals surface area contributed by atoms with Crippen molar-refractivity contribution >= 4 is 28.3 Å². The van der Waals surface area contributed by atoms with Crippen LogP contribution in [0.3, 0.4) is 0 Å². The number of fused-ring (bicyclic) bond motifs is 3. The van der Waals surface area contributed by atoms with Crippen LogP contribution < -0.4 is 10.1 Å². The van der Waals surface area contributed by atoms with Gasteiger partial charge in [-0.1, -0.05) is 42.3 Å². The van der Waals surface area contributed by atoms with E-state index in [-0.39, 0.29) is 62.0 Å². The van der Waals surface area contributed by atoms with Crippen molar-refractivity contribution in [1.82, 2.24) is 15.2 Å². The Morgan fingerprint density at radius 2 is 1.80 bits per heavy atom. The van der Waals surface area contributed by atoms with E-state index in [1.807, 2.05) is 30.3 Å². The summed E-state index contributed by atoms with van der Waals surface area (Å²) in [7, 11) is 1.62. The number of oxime groups is 1. The predicted octanol–water partition coefficient (Wildman–Crippen LogP) is 6.25. The molecule has 2 amide bonds. The van der Waals surface area contributed by atoms with E-state index in [0.717, 1.165) is 53.4 Å². The number of benzene rings is 3. The number of aromatic nitrogens is 1. The number of allylic oxidation sites excluding steroid dienone is 1. The van der Waals surface area contributed by atoms with E-state index >= 15 is 0 Å². The van der Waals surface area contributed by atoms with Gasteiger partial charge in [-0.3, -0.25) is 10.1 Å². The molecule has 296 valence electrons. The van der Waals surface area contributed by atoms with E-state index in [4.69, 9.17) is 9.57 Å². The molecule has 2 heterocycles. The molecule has 0 unspecified atom stereocenters. The molecule has 6 atom stereocenters. The average molecular weight is 768 g/mol. The molecule has 3 aliphatic rings. The number of likely N-dealkylation sites (N-methyl/N-ethyl adjacent to an activating group) is 1. The van der Waals surface area contributed by atoms with E-state index in [0.29, 0.717) is 29.9 Å². The van der Waals surface area contributed by atoms with Gasteiger partial charge in [-0.25, -0.2) is 4.79 Å². The number of non-ortho nitro benzene ring substituents is 1. The number of urea groups is 1. The Bertz CT molecular complexity index is 2070. The van der Waals surface area contributed by atoms with Gasteiger partial charge in [-0.15, -0.1) is 0 Å². The van der Waals surface area contributed by atoms with Crippen LogP contribution in [0.2, 0.25) is 0 Å². The molecular weight excluding hydrogens is 718 g/mol. The zero-order chi connectivity index (χ0) is 39.4. The number of hydrogen-bond donors (Lipinski definition) is 6. The number of rotatable bonds is 15. The van der Waals surface area contributed by atoms with Gasteiger partial charge in [-0.2, -0.15) is 0 Å². The van der Waals surface area contributed by atoms with E-state index in [1.54, 1.807) is 31.3 Å². The number of hydrogen-bond acceptors (Lipinski definition) is 10. The minimum absolute atomic E-state index is 0.0113. The number of amides is 2. The number of aromatic amines is 1. The lowest BCUT2D eigenvalue weighted by molar-refractivity contribution is -0.384. The lowest BCUT2D eigenvalue weighted by Gasteiger charge is -2.58. The molecular formula is C42H49N5O9. The van der Waals surface area contributed by atoms with Gasteiger partial charge in [0.05, 0.1) is 23.1 Å². The summed E-state index contributed by atoms with van der Waals surface area (Å²) in [4.78, 5) is 35.5. The van der Waals surface area contributed by atoms with E-state index < -0.39 is 28.7 Å². The molecule has 2 aliphatic carbocycles. The Balaban J connectivity index is 1.27. The monoisotopic (exact) mass is 767 g/mol. The third-order valence-electron chi connectivity index (χ3n) is 11.6. The van der Waals surface area contributed by atoms with Gasteiger partial charge < -0.3 is 45.2 Å². The van der Waals surface area contributed by atoms with Crippen LogP contribution in [0.4, 0.5) is 10.5 Å². The Labute approximate surface area is 324 Å². The third-order valence-corrected chi connectivity index (χ3v) is 11.6. The van der Waals surface area contributed by atoms with Crippen molar-refractivity contribution in [2.45, 2.75) is 75.8 Å².